The average molecular weight is 576 g/mol. The van der Waals surface area contributed by atoms with E-state index in [0.29, 0.717) is 17.9 Å². The quantitative estimate of drug-likeness (QED) is 0.240. The molecular formula is C24H42IN5O3. The molecule has 0 aliphatic carbocycles. The van der Waals surface area contributed by atoms with Crippen LogP contribution in [0.2, 0.25) is 0 Å². The highest BCUT2D eigenvalue weighted by atomic mass is 127. The number of carbonyl (C=O) groups is 1. The fourth-order valence-electron chi connectivity index (χ4n) is 3.97. The molecule has 8 nitrogen and oxygen atoms in total. The molecule has 1 amide bonds. The summed E-state index contributed by atoms with van der Waals surface area (Å²) in [6.45, 7) is 8.34. The van der Waals surface area contributed by atoms with Crippen LogP contribution in [0.15, 0.2) is 23.2 Å². The number of likely N-dealkylation sites (tertiary alicyclic amines) is 1. The van der Waals surface area contributed by atoms with E-state index >= 15 is 0 Å². The zero-order valence-corrected chi connectivity index (χ0v) is 23.3. The number of hydrogen-bond acceptors (Lipinski definition) is 5. The number of methoxy groups -OCH3 is 2. The van der Waals surface area contributed by atoms with Crippen LogP contribution in [0.5, 0.6) is 11.5 Å². The minimum absolute atomic E-state index is 0. The molecule has 0 radical (unpaired) electrons. The molecule has 0 bridgehead atoms. The van der Waals surface area contributed by atoms with Gasteiger partial charge in [-0.1, -0.05) is 19.9 Å². The highest BCUT2D eigenvalue weighted by Gasteiger charge is 2.23. The number of carbonyl (C=O) groups excluding carboxylic acids is 1. The van der Waals surface area contributed by atoms with Crippen molar-refractivity contribution in [2.75, 3.05) is 61.0 Å². The Bertz CT molecular complexity index is 760. The standard InChI is InChI=1S/C24H41N5O3.HI/c1-7-29-12-8-9-20(29)16-26-24(27-17-23(30)28(3)4)25-15-18(2)13-19-10-11-21(31-5)22(14-19)32-6;/h10-11,14,18,20H,7-9,12-13,15-17H2,1-6H3,(H2,25,26,27);1H. The van der Waals surface area contributed by atoms with E-state index in [4.69, 9.17) is 9.47 Å². The molecule has 1 aliphatic rings. The topological polar surface area (TPSA) is 78.4 Å². The molecule has 9 heteroatoms. The van der Waals surface area contributed by atoms with Crippen molar-refractivity contribution in [3.05, 3.63) is 23.8 Å². The molecule has 1 heterocycles. The summed E-state index contributed by atoms with van der Waals surface area (Å²) >= 11 is 0. The Morgan fingerprint density at radius 2 is 1.97 bits per heavy atom. The Kier molecular flexibility index (Phi) is 13.5. The molecule has 1 aliphatic heterocycles. The summed E-state index contributed by atoms with van der Waals surface area (Å²) in [6, 6.07) is 6.55. The van der Waals surface area contributed by atoms with Gasteiger partial charge in [0, 0.05) is 33.2 Å². The van der Waals surface area contributed by atoms with Crippen molar-refractivity contribution in [2.24, 2.45) is 10.9 Å². The Labute approximate surface area is 216 Å². The van der Waals surface area contributed by atoms with Crippen LogP contribution in [-0.2, 0) is 11.2 Å². The van der Waals surface area contributed by atoms with Gasteiger partial charge in [-0.3, -0.25) is 9.69 Å². The first-order valence-corrected chi connectivity index (χ1v) is 11.5. The maximum Gasteiger partial charge on any atom is 0.243 e. The van der Waals surface area contributed by atoms with E-state index in [1.54, 1.807) is 33.2 Å². The molecular weight excluding hydrogens is 533 g/mol. The average Bonchev–Trinajstić information content (AvgIpc) is 3.25. The molecule has 33 heavy (non-hydrogen) atoms. The number of nitrogens with zero attached hydrogens (tertiary/aromatic N) is 3. The third-order valence-corrected chi connectivity index (χ3v) is 5.93. The van der Waals surface area contributed by atoms with Gasteiger partial charge in [-0.25, -0.2) is 4.99 Å². The minimum atomic E-state index is -0.0134. The monoisotopic (exact) mass is 575 g/mol. The third kappa shape index (κ3) is 9.56. The Hall–Kier alpha value is -1.75. The Balaban J connectivity index is 0.00000544. The van der Waals surface area contributed by atoms with Gasteiger partial charge in [0.1, 0.15) is 6.54 Å². The van der Waals surface area contributed by atoms with Gasteiger partial charge in [-0.15, -0.1) is 24.0 Å². The molecule has 1 aromatic carbocycles. The second kappa shape index (κ2) is 15.2. The number of benzene rings is 1. The first-order valence-electron chi connectivity index (χ1n) is 11.5. The molecule has 188 valence electrons. The number of amides is 1. The minimum Gasteiger partial charge on any atom is -0.493 e. The van der Waals surface area contributed by atoms with Crippen molar-refractivity contribution in [3.63, 3.8) is 0 Å². The van der Waals surface area contributed by atoms with Crippen LogP contribution in [0.25, 0.3) is 0 Å². The maximum atomic E-state index is 12.0. The van der Waals surface area contributed by atoms with Crippen LogP contribution in [0.4, 0.5) is 0 Å². The summed E-state index contributed by atoms with van der Waals surface area (Å²) in [6.07, 6.45) is 3.32. The number of halogens is 1. The summed E-state index contributed by atoms with van der Waals surface area (Å²) in [5.41, 5.74) is 1.19. The molecule has 0 saturated carbocycles. The van der Waals surface area contributed by atoms with Crippen LogP contribution in [0.1, 0.15) is 32.3 Å². The molecule has 2 unspecified atom stereocenters. The van der Waals surface area contributed by atoms with E-state index in [1.807, 2.05) is 12.1 Å². The van der Waals surface area contributed by atoms with E-state index in [-0.39, 0.29) is 36.4 Å². The molecule has 2 N–H and O–H groups in total. The SMILES string of the molecule is CCN1CCCC1CNC(=NCC(=O)N(C)C)NCC(C)Cc1ccc(OC)c(OC)c1.I. The zero-order chi connectivity index (χ0) is 23.5. The van der Waals surface area contributed by atoms with Crippen molar-refractivity contribution < 1.29 is 14.3 Å². The summed E-state index contributed by atoms with van der Waals surface area (Å²) in [5, 5.41) is 6.90. The van der Waals surface area contributed by atoms with Gasteiger partial charge >= 0.3 is 0 Å². The number of nitrogens with one attached hydrogen (secondary N) is 2. The predicted octanol–water partition coefficient (Wildman–Crippen LogP) is 2.61. The summed E-state index contributed by atoms with van der Waals surface area (Å²) in [5.74, 6) is 2.53. The van der Waals surface area contributed by atoms with Gasteiger partial charge in [-0.05, 0) is 56.0 Å². The zero-order valence-electron chi connectivity index (χ0n) is 21.0. The maximum absolute atomic E-state index is 12.0. The lowest BCUT2D eigenvalue weighted by Crippen LogP contribution is -2.46. The lowest BCUT2D eigenvalue weighted by atomic mass is 10.0. The first-order chi connectivity index (χ1) is 15.4. The van der Waals surface area contributed by atoms with E-state index in [2.05, 4.69) is 40.4 Å². The van der Waals surface area contributed by atoms with Crippen molar-refractivity contribution in [1.82, 2.24) is 20.4 Å². The van der Waals surface area contributed by atoms with Gasteiger partial charge in [-0.2, -0.15) is 0 Å². The summed E-state index contributed by atoms with van der Waals surface area (Å²) in [4.78, 5) is 20.6. The van der Waals surface area contributed by atoms with E-state index in [0.717, 1.165) is 44.1 Å². The fourth-order valence-corrected chi connectivity index (χ4v) is 3.97. The number of rotatable bonds is 11. The molecule has 0 aromatic heterocycles. The Morgan fingerprint density at radius 1 is 1.24 bits per heavy atom. The van der Waals surface area contributed by atoms with E-state index < -0.39 is 0 Å². The largest absolute Gasteiger partial charge is 0.493 e. The second-order valence-corrected chi connectivity index (χ2v) is 8.64. The number of hydrogen-bond donors (Lipinski definition) is 2. The number of guanidine groups is 1. The van der Waals surface area contributed by atoms with Crippen molar-refractivity contribution in [3.8, 4) is 11.5 Å². The van der Waals surface area contributed by atoms with Crippen molar-refractivity contribution >= 4 is 35.8 Å². The smallest absolute Gasteiger partial charge is 0.243 e. The molecule has 1 fully saturated rings. The Morgan fingerprint density at radius 3 is 2.61 bits per heavy atom. The van der Waals surface area contributed by atoms with Crippen LogP contribution >= 0.6 is 24.0 Å². The van der Waals surface area contributed by atoms with Crippen LogP contribution in [-0.4, -0.2) is 88.7 Å². The first kappa shape index (κ1) is 29.3. The fraction of sp³-hybridized carbons (Fsp3) is 0.667. The number of ether oxygens (including phenoxy) is 2. The molecule has 2 atom stereocenters. The van der Waals surface area contributed by atoms with Crippen LogP contribution in [0.3, 0.4) is 0 Å². The third-order valence-electron chi connectivity index (χ3n) is 5.93. The molecule has 0 spiro atoms. The highest BCUT2D eigenvalue weighted by molar-refractivity contribution is 14.0. The van der Waals surface area contributed by atoms with Gasteiger partial charge in [0.2, 0.25) is 5.91 Å². The van der Waals surface area contributed by atoms with Crippen LogP contribution in [0, 0.1) is 5.92 Å². The normalized spacial score (nSPS) is 17.2. The van der Waals surface area contributed by atoms with Crippen molar-refractivity contribution in [1.29, 1.82) is 0 Å². The predicted molar refractivity (Wildman–Crippen MR) is 145 cm³/mol. The lowest BCUT2D eigenvalue weighted by Gasteiger charge is -2.24. The highest BCUT2D eigenvalue weighted by Crippen LogP contribution is 2.28. The van der Waals surface area contributed by atoms with E-state index in [1.165, 1.54) is 18.4 Å². The van der Waals surface area contributed by atoms with E-state index in [9.17, 15) is 4.79 Å². The molecule has 1 saturated heterocycles. The molecule has 1 aromatic rings. The number of likely N-dealkylation sites (N-methyl/N-ethyl adjacent to an activating group) is 2. The second-order valence-electron chi connectivity index (χ2n) is 8.64. The van der Waals surface area contributed by atoms with Crippen LogP contribution < -0.4 is 20.1 Å². The van der Waals surface area contributed by atoms with Crippen molar-refractivity contribution in [2.45, 2.75) is 39.2 Å². The number of aliphatic imine (C=N–C) groups is 1. The summed E-state index contributed by atoms with van der Waals surface area (Å²) in [7, 11) is 6.80. The van der Waals surface area contributed by atoms with Gasteiger partial charge in [0.05, 0.1) is 14.2 Å². The summed E-state index contributed by atoms with van der Waals surface area (Å²) < 4.78 is 10.7. The lowest BCUT2D eigenvalue weighted by molar-refractivity contribution is -0.127. The van der Waals surface area contributed by atoms with Gasteiger partial charge in [0.15, 0.2) is 17.5 Å². The van der Waals surface area contributed by atoms with Gasteiger partial charge < -0.3 is 25.0 Å². The molecule has 2 rings (SSSR count). The van der Waals surface area contributed by atoms with Gasteiger partial charge in [0.25, 0.3) is 0 Å².